The molecule has 1 amide bonds. The number of aliphatic carboxylic acids is 1. The van der Waals surface area contributed by atoms with Crippen LogP contribution in [0.25, 0.3) is 10.9 Å². The first-order valence-electron chi connectivity index (χ1n) is 10.1. The van der Waals surface area contributed by atoms with Crippen LogP contribution in [-0.4, -0.2) is 27.5 Å². The van der Waals surface area contributed by atoms with E-state index >= 15 is 0 Å². The van der Waals surface area contributed by atoms with Gasteiger partial charge >= 0.3 is 5.69 Å². The molecule has 0 aliphatic rings. The largest absolute Gasteiger partial charge is 0.548 e. The molecule has 3 aromatic rings. The predicted octanol–water partition coefficient (Wildman–Crippen LogP) is 0.754. The number of hydrogen-bond acceptors (Lipinski definition) is 5. The van der Waals surface area contributed by atoms with Crippen LogP contribution in [0.5, 0.6) is 0 Å². The van der Waals surface area contributed by atoms with Crippen LogP contribution in [0.2, 0.25) is 0 Å². The van der Waals surface area contributed by atoms with E-state index in [2.05, 4.69) is 10.3 Å². The summed E-state index contributed by atoms with van der Waals surface area (Å²) >= 11 is 0. The van der Waals surface area contributed by atoms with E-state index in [-0.39, 0.29) is 24.1 Å². The summed E-state index contributed by atoms with van der Waals surface area (Å²) in [5.74, 6) is -2.16. The molecule has 162 valence electrons. The van der Waals surface area contributed by atoms with Gasteiger partial charge in [-0.25, -0.2) is 9.36 Å². The highest BCUT2D eigenvalue weighted by molar-refractivity contribution is 5.86. The van der Waals surface area contributed by atoms with Gasteiger partial charge in [0.25, 0.3) is 5.56 Å². The van der Waals surface area contributed by atoms with Crippen molar-refractivity contribution in [3.63, 3.8) is 0 Å². The summed E-state index contributed by atoms with van der Waals surface area (Å²) in [6, 6.07) is 12.9. The fourth-order valence-corrected chi connectivity index (χ4v) is 3.55. The summed E-state index contributed by atoms with van der Waals surface area (Å²) in [7, 11) is 0. The molecule has 0 saturated heterocycles. The lowest BCUT2D eigenvalue weighted by molar-refractivity contribution is -0.308. The third-order valence-corrected chi connectivity index (χ3v) is 5.03. The molecule has 1 heterocycles. The molecule has 31 heavy (non-hydrogen) atoms. The van der Waals surface area contributed by atoms with Gasteiger partial charge in [-0.1, -0.05) is 56.3 Å². The smallest absolute Gasteiger partial charge is 0.329 e. The first-order chi connectivity index (χ1) is 14.8. The lowest BCUT2D eigenvalue weighted by Gasteiger charge is -2.25. The van der Waals surface area contributed by atoms with Crippen LogP contribution < -0.4 is 21.7 Å². The van der Waals surface area contributed by atoms with E-state index in [9.17, 15) is 24.3 Å². The Bertz CT molecular complexity index is 1200. The molecular formula is C23H24N3O5-. The number of rotatable bonds is 8. The third kappa shape index (κ3) is 5.09. The van der Waals surface area contributed by atoms with E-state index in [4.69, 9.17) is 0 Å². The number of carbonyl (C=O) groups excluding carboxylic acids is 2. The van der Waals surface area contributed by atoms with Crippen LogP contribution in [0.3, 0.4) is 0 Å². The van der Waals surface area contributed by atoms with Crippen molar-refractivity contribution < 1.29 is 14.7 Å². The number of carbonyl (C=O) groups is 2. The Labute approximate surface area is 178 Å². The van der Waals surface area contributed by atoms with Crippen LogP contribution in [0.4, 0.5) is 0 Å². The van der Waals surface area contributed by atoms with E-state index in [1.807, 2.05) is 19.9 Å². The number of nitrogens with zero attached hydrogens (tertiary/aromatic N) is 1. The molecule has 2 aromatic carbocycles. The molecule has 2 N–H and O–H groups in total. The highest BCUT2D eigenvalue weighted by Gasteiger charge is 2.27. The molecule has 0 aliphatic heterocycles. The zero-order valence-corrected chi connectivity index (χ0v) is 17.3. The number of hydrogen-bond donors (Lipinski definition) is 2. The SMILES string of the molecule is CC(C)C[C@H](NC(=O)[C@@H](Cc1ccccc1)n1c(=O)[nH]c2ccccc2c1=O)C(=O)[O-]. The minimum atomic E-state index is -1.42. The van der Waals surface area contributed by atoms with Crippen molar-refractivity contribution in [3.8, 4) is 0 Å². The molecule has 0 radical (unpaired) electrons. The van der Waals surface area contributed by atoms with Gasteiger partial charge in [0.2, 0.25) is 5.91 Å². The van der Waals surface area contributed by atoms with Crippen molar-refractivity contribution in [1.82, 2.24) is 14.9 Å². The second-order valence-corrected chi connectivity index (χ2v) is 7.87. The maximum absolute atomic E-state index is 13.2. The topological polar surface area (TPSA) is 124 Å². The summed E-state index contributed by atoms with van der Waals surface area (Å²) in [6.45, 7) is 3.64. The Morgan fingerprint density at radius 2 is 1.68 bits per heavy atom. The number of aromatic amines is 1. The van der Waals surface area contributed by atoms with Crippen molar-refractivity contribution >= 4 is 22.8 Å². The average molecular weight is 422 g/mol. The number of fused-ring (bicyclic) bond motifs is 1. The van der Waals surface area contributed by atoms with Crippen LogP contribution >= 0.6 is 0 Å². The van der Waals surface area contributed by atoms with E-state index in [0.29, 0.717) is 5.52 Å². The van der Waals surface area contributed by atoms with Gasteiger partial charge in [0.05, 0.1) is 22.9 Å². The Kier molecular flexibility index (Phi) is 6.69. The van der Waals surface area contributed by atoms with Crippen LogP contribution in [0.1, 0.15) is 31.9 Å². The minimum Gasteiger partial charge on any atom is -0.548 e. The van der Waals surface area contributed by atoms with Gasteiger partial charge in [0.15, 0.2) is 0 Å². The van der Waals surface area contributed by atoms with Crippen molar-refractivity contribution in [2.24, 2.45) is 5.92 Å². The van der Waals surface area contributed by atoms with Gasteiger partial charge in [-0.05, 0) is 30.0 Å². The average Bonchev–Trinajstić information content (AvgIpc) is 2.72. The normalized spacial score (nSPS) is 13.1. The Morgan fingerprint density at radius 3 is 2.32 bits per heavy atom. The van der Waals surface area contributed by atoms with Crippen LogP contribution in [0.15, 0.2) is 64.2 Å². The summed E-state index contributed by atoms with van der Waals surface area (Å²) in [5, 5.41) is 14.2. The maximum Gasteiger partial charge on any atom is 0.329 e. The number of H-pyrrole nitrogens is 1. The monoisotopic (exact) mass is 422 g/mol. The van der Waals surface area contributed by atoms with Crippen LogP contribution in [0, 0.1) is 5.92 Å². The molecule has 0 saturated carbocycles. The fourth-order valence-electron chi connectivity index (χ4n) is 3.55. The standard InChI is InChI=1S/C23H25N3O5/c1-14(2)12-18(22(29)30)24-20(27)19(13-15-8-4-3-5-9-15)26-21(28)16-10-6-7-11-17(16)25-23(26)31/h3-11,14,18-19H,12-13H2,1-2H3,(H,24,27)(H,25,31)(H,29,30)/p-1/t18-,19+/m0/s1. The number of carboxylic acid groups (broad SMARTS) is 1. The second kappa shape index (κ2) is 9.42. The van der Waals surface area contributed by atoms with E-state index < -0.39 is 35.2 Å². The molecule has 0 spiro atoms. The van der Waals surface area contributed by atoms with Crippen molar-refractivity contribution in [2.75, 3.05) is 0 Å². The number of amides is 1. The Morgan fingerprint density at radius 1 is 1.03 bits per heavy atom. The van der Waals surface area contributed by atoms with Gasteiger partial charge in [0.1, 0.15) is 6.04 Å². The number of carboxylic acids is 1. The first-order valence-corrected chi connectivity index (χ1v) is 10.1. The van der Waals surface area contributed by atoms with Gasteiger partial charge in [0, 0.05) is 6.42 Å². The number of benzene rings is 2. The number of nitrogens with one attached hydrogen (secondary N) is 2. The molecule has 2 atom stereocenters. The van der Waals surface area contributed by atoms with Gasteiger partial charge in [-0.3, -0.25) is 9.59 Å². The lowest BCUT2D eigenvalue weighted by atomic mass is 10.0. The van der Waals surface area contributed by atoms with Crippen molar-refractivity contribution in [2.45, 2.75) is 38.8 Å². The molecule has 0 unspecified atom stereocenters. The van der Waals surface area contributed by atoms with E-state index in [1.165, 1.54) is 0 Å². The van der Waals surface area contributed by atoms with Crippen LogP contribution in [-0.2, 0) is 16.0 Å². The molecule has 1 aromatic heterocycles. The zero-order valence-electron chi connectivity index (χ0n) is 17.3. The second-order valence-electron chi connectivity index (χ2n) is 7.87. The first kappa shape index (κ1) is 22.0. The van der Waals surface area contributed by atoms with Gasteiger partial charge in [-0.2, -0.15) is 0 Å². The molecular weight excluding hydrogens is 398 g/mol. The summed E-state index contributed by atoms with van der Waals surface area (Å²) in [6.07, 6.45) is 0.199. The highest BCUT2D eigenvalue weighted by atomic mass is 16.4. The molecule has 8 nitrogen and oxygen atoms in total. The van der Waals surface area contributed by atoms with Gasteiger partial charge < -0.3 is 20.2 Å². The zero-order chi connectivity index (χ0) is 22.5. The van der Waals surface area contributed by atoms with Gasteiger partial charge in [-0.15, -0.1) is 0 Å². The summed E-state index contributed by atoms with van der Waals surface area (Å²) in [5.41, 5.74) is -0.283. The maximum atomic E-state index is 13.2. The predicted molar refractivity (Wildman–Crippen MR) is 114 cm³/mol. The lowest BCUT2D eigenvalue weighted by Crippen LogP contribution is -2.53. The third-order valence-electron chi connectivity index (χ3n) is 5.03. The number of aromatic nitrogens is 2. The summed E-state index contributed by atoms with van der Waals surface area (Å²) < 4.78 is 0.854. The molecule has 0 bridgehead atoms. The minimum absolute atomic E-state index is 0.0115. The fraction of sp³-hybridized carbons (Fsp3) is 0.304. The highest BCUT2D eigenvalue weighted by Crippen LogP contribution is 2.15. The van der Waals surface area contributed by atoms with E-state index in [0.717, 1.165) is 10.1 Å². The molecule has 3 rings (SSSR count). The van der Waals surface area contributed by atoms with Crippen molar-refractivity contribution in [3.05, 3.63) is 81.0 Å². The Hall–Kier alpha value is -3.68. The molecule has 8 heteroatoms. The quantitative estimate of drug-likeness (QED) is 0.554. The molecule has 0 aliphatic carbocycles. The number of para-hydroxylation sites is 1. The molecule has 0 fully saturated rings. The Balaban J connectivity index is 2.08. The van der Waals surface area contributed by atoms with E-state index in [1.54, 1.807) is 48.5 Å². The van der Waals surface area contributed by atoms with Crippen molar-refractivity contribution in [1.29, 1.82) is 0 Å². The summed E-state index contributed by atoms with van der Waals surface area (Å²) in [4.78, 5) is 53.2.